The second-order valence-corrected chi connectivity index (χ2v) is 4.80. The Bertz CT molecular complexity index is 666. The summed E-state index contributed by atoms with van der Waals surface area (Å²) in [4.78, 5) is 23.8. The third kappa shape index (κ3) is 4.09. The first kappa shape index (κ1) is 15.6. The van der Waals surface area contributed by atoms with Gasteiger partial charge in [-0.1, -0.05) is 29.8 Å². The fourth-order valence-corrected chi connectivity index (χ4v) is 1.91. The molecule has 5 heteroatoms. The number of rotatable bonds is 5. The van der Waals surface area contributed by atoms with Crippen molar-refractivity contribution in [2.24, 2.45) is 0 Å². The monoisotopic (exact) mass is 298 g/mol. The number of aryl methyl sites for hydroxylation is 1. The number of amides is 2. The maximum absolute atomic E-state index is 11.9. The predicted octanol–water partition coefficient (Wildman–Crippen LogP) is 2.37. The Morgan fingerprint density at radius 3 is 2.41 bits per heavy atom. The molecule has 2 amide bonds. The van der Waals surface area contributed by atoms with Crippen LogP contribution in [0.1, 0.15) is 15.9 Å². The number of hydrogen-bond donors (Lipinski definition) is 2. The van der Waals surface area contributed by atoms with E-state index in [1.807, 2.05) is 25.1 Å². The van der Waals surface area contributed by atoms with Crippen LogP contribution in [0.3, 0.4) is 0 Å². The maximum atomic E-state index is 11.9. The number of nitrogens with one attached hydrogen (secondary N) is 2. The molecular weight excluding hydrogens is 280 g/mol. The summed E-state index contributed by atoms with van der Waals surface area (Å²) >= 11 is 0. The van der Waals surface area contributed by atoms with E-state index in [0.717, 1.165) is 5.56 Å². The molecule has 0 aliphatic carbocycles. The molecule has 2 N–H and O–H groups in total. The lowest BCUT2D eigenvalue weighted by Crippen LogP contribution is -2.32. The number of benzene rings is 2. The van der Waals surface area contributed by atoms with Crippen LogP contribution in [0, 0.1) is 6.92 Å². The van der Waals surface area contributed by atoms with Crippen molar-refractivity contribution in [3.05, 3.63) is 59.7 Å². The summed E-state index contributed by atoms with van der Waals surface area (Å²) in [5.41, 5.74) is 2.17. The highest BCUT2D eigenvalue weighted by molar-refractivity contribution is 5.99. The Balaban J connectivity index is 1.90. The molecule has 0 aliphatic rings. The fraction of sp³-hybridized carbons (Fsp3) is 0.176. The molecule has 0 aromatic heterocycles. The normalized spacial score (nSPS) is 9.91. The van der Waals surface area contributed by atoms with Crippen LogP contribution < -0.4 is 15.4 Å². The molecule has 0 atom stereocenters. The third-order valence-electron chi connectivity index (χ3n) is 3.10. The Morgan fingerprint density at radius 1 is 1.05 bits per heavy atom. The van der Waals surface area contributed by atoms with Gasteiger partial charge >= 0.3 is 0 Å². The molecule has 0 heterocycles. The van der Waals surface area contributed by atoms with Gasteiger partial charge in [-0.05, 0) is 31.2 Å². The molecule has 2 rings (SSSR count). The van der Waals surface area contributed by atoms with E-state index >= 15 is 0 Å². The van der Waals surface area contributed by atoms with Crippen LogP contribution in [-0.4, -0.2) is 25.5 Å². The van der Waals surface area contributed by atoms with E-state index in [1.54, 1.807) is 30.3 Å². The predicted molar refractivity (Wildman–Crippen MR) is 85.1 cm³/mol. The Hall–Kier alpha value is -2.82. The number of methoxy groups -OCH3 is 1. The summed E-state index contributed by atoms with van der Waals surface area (Å²) in [5, 5.41) is 5.28. The van der Waals surface area contributed by atoms with Gasteiger partial charge in [0.1, 0.15) is 5.75 Å². The summed E-state index contributed by atoms with van der Waals surface area (Å²) < 4.78 is 5.15. The van der Waals surface area contributed by atoms with Crippen molar-refractivity contribution in [3.63, 3.8) is 0 Å². The molecule has 2 aromatic rings. The van der Waals surface area contributed by atoms with Crippen LogP contribution in [0.25, 0.3) is 0 Å². The molecule has 5 nitrogen and oxygen atoms in total. The van der Waals surface area contributed by atoms with Crippen molar-refractivity contribution in [1.29, 1.82) is 0 Å². The molecule has 2 aromatic carbocycles. The molecule has 0 fully saturated rings. The molecule has 0 spiro atoms. The van der Waals surface area contributed by atoms with Gasteiger partial charge in [0.25, 0.3) is 5.91 Å². The lowest BCUT2D eigenvalue weighted by atomic mass is 10.1. The summed E-state index contributed by atoms with van der Waals surface area (Å²) in [6.07, 6.45) is 0. The van der Waals surface area contributed by atoms with Crippen molar-refractivity contribution in [1.82, 2.24) is 5.32 Å². The molecule has 0 aliphatic heterocycles. The van der Waals surface area contributed by atoms with E-state index in [1.165, 1.54) is 7.11 Å². The minimum atomic E-state index is -0.315. The van der Waals surface area contributed by atoms with Crippen molar-refractivity contribution in [2.45, 2.75) is 6.92 Å². The Morgan fingerprint density at radius 2 is 1.73 bits per heavy atom. The molecule has 0 unspecified atom stereocenters. The lowest BCUT2D eigenvalue weighted by molar-refractivity contribution is -0.115. The fourth-order valence-electron chi connectivity index (χ4n) is 1.91. The van der Waals surface area contributed by atoms with E-state index in [0.29, 0.717) is 17.0 Å². The molecule has 0 radical (unpaired) electrons. The Kier molecular flexibility index (Phi) is 5.14. The first-order valence-electron chi connectivity index (χ1n) is 6.88. The number of carbonyl (C=O) groups is 2. The molecule has 0 bridgehead atoms. The first-order chi connectivity index (χ1) is 10.6. The smallest absolute Gasteiger partial charge is 0.251 e. The van der Waals surface area contributed by atoms with Crippen molar-refractivity contribution in [3.8, 4) is 5.75 Å². The van der Waals surface area contributed by atoms with Gasteiger partial charge in [0, 0.05) is 5.56 Å². The highest BCUT2D eigenvalue weighted by Crippen LogP contribution is 2.22. The highest BCUT2D eigenvalue weighted by atomic mass is 16.5. The topological polar surface area (TPSA) is 67.4 Å². The SMILES string of the molecule is COc1ccccc1NC(=O)CNC(=O)c1ccc(C)cc1. The Labute approximate surface area is 129 Å². The average Bonchev–Trinajstić information content (AvgIpc) is 2.54. The quantitative estimate of drug-likeness (QED) is 0.890. The second kappa shape index (κ2) is 7.26. The van der Waals surface area contributed by atoms with E-state index in [2.05, 4.69) is 10.6 Å². The number of para-hydroxylation sites is 2. The lowest BCUT2D eigenvalue weighted by Gasteiger charge is -2.10. The zero-order valence-electron chi connectivity index (χ0n) is 12.6. The van der Waals surface area contributed by atoms with Gasteiger partial charge in [-0.2, -0.15) is 0 Å². The number of carbonyl (C=O) groups excluding carboxylic acids is 2. The maximum Gasteiger partial charge on any atom is 0.251 e. The summed E-state index contributed by atoms with van der Waals surface area (Å²) in [6.45, 7) is 1.84. The zero-order chi connectivity index (χ0) is 15.9. The summed E-state index contributed by atoms with van der Waals surface area (Å²) in [5.74, 6) is -0.0270. The second-order valence-electron chi connectivity index (χ2n) is 4.80. The largest absolute Gasteiger partial charge is 0.495 e. The highest BCUT2D eigenvalue weighted by Gasteiger charge is 2.09. The molecule has 0 saturated carbocycles. The van der Waals surface area contributed by atoms with E-state index in [4.69, 9.17) is 4.74 Å². The van der Waals surface area contributed by atoms with Crippen molar-refractivity contribution >= 4 is 17.5 Å². The van der Waals surface area contributed by atoms with Crippen molar-refractivity contribution in [2.75, 3.05) is 19.0 Å². The number of anilines is 1. The van der Waals surface area contributed by atoms with Crippen LogP contribution in [0.5, 0.6) is 5.75 Å². The van der Waals surface area contributed by atoms with E-state index < -0.39 is 0 Å². The minimum absolute atomic E-state index is 0.106. The molecule has 114 valence electrons. The summed E-state index contributed by atoms with van der Waals surface area (Å²) in [6, 6.07) is 14.2. The first-order valence-corrected chi connectivity index (χ1v) is 6.88. The van der Waals surface area contributed by atoms with Gasteiger partial charge in [0.2, 0.25) is 5.91 Å². The third-order valence-corrected chi connectivity index (χ3v) is 3.10. The van der Waals surface area contributed by atoms with Crippen LogP contribution >= 0.6 is 0 Å². The van der Waals surface area contributed by atoms with Crippen LogP contribution in [0.15, 0.2) is 48.5 Å². The van der Waals surface area contributed by atoms with Crippen LogP contribution in [-0.2, 0) is 4.79 Å². The summed E-state index contributed by atoms with van der Waals surface area (Å²) in [7, 11) is 1.53. The van der Waals surface area contributed by atoms with Gasteiger partial charge in [-0.3, -0.25) is 9.59 Å². The van der Waals surface area contributed by atoms with Gasteiger partial charge < -0.3 is 15.4 Å². The van der Waals surface area contributed by atoms with Gasteiger partial charge in [-0.25, -0.2) is 0 Å². The van der Waals surface area contributed by atoms with E-state index in [-0.39, 0.29) is 18.4 Å². The van der Waals surface area contributed by atoms with Gasteiger partial charge in [0.05, 0.1) is 19.3 Å². The van der Waals surface area contributed by atoms with E-state index in [9.17, 15) is 9.59 Å². The van der Waals surface area contributed by atoms with Crippen LogP contribution in [0.4, 0.5) is 5.69 Å². The number of ether oxygens (including phenoxy) is 1. The average molecular weight is 298 g/mol. The minimum Gasteiger partial charge on any atom is -0.495 e. The van der Waals surface area contributed by atoms with Crippen molar-refractivity contribution < 1.29 is 14.3 Å². The molecular formula is C17H18N2O3. The molecule has 0 saturated heterocycles. The number of hydrogen-bond acceptors (Lipinski definition) is 3. The zero-order valence-corrected chi connectivity index (χ0v) is 12.6. The van der Waals surface area contributed by atoms with Crippen LogP contribution in [0.2, 0.25) is 0 Å². The van der Waals surface area contributed by atoms with Gasteiger partial charge in [-0.15, -0.1) is 0 Å². The van der Waals surface area contributed by atoms with Gasteiger partial charge in [0.15, 0.2) is 0 Å². The standard InChI is InChI=1S/C17H18N2O3/c1-12-7-9-13(10-8-12)17(21)18-11-16(20)19-14-5-3-4-6-15(14)22-2/h3-10H,11H2,1-2H3,(H,18,21)(H,19,20). The molecule has 22 heavy (non-hydrogen) atoms.